The number of rotatable bonds is 5. The van der Waals surface area contributed by atoms with E-state index in [4.69, 9.17) is 16.3 Å². The summed E-state index contributed by atoms with van der Waals surface area (Å²) in [6, 6.07) is 3.27. The zero-order valence-corrected chi connectivity index (χ0v) is 14.8. The van der Waals surface area contributed by atoms with Crippen LogP contribution in [0.3, 0.4) is 0 Å². The Balaban J connectivity index is 2.35. The lowest BCUT2D eigenvalue weighted by atomic mass is 9.75. The highest BCUT2D eigenvalue weighted by molar-refractivity contribution is 6.31. The molecule has 0 aromatic heterocycles. The van der Waals surface area contributed by atoms with Gasteiger partial charge < -0.3 is 15.0 Å². The fourth-order valence-electron chi connectivity index (χ4n) is 3.00. The first-order chi connectivity index (χ1) is 10.8. The predicted octanol–water partition coefficient (Wildman–Crippen LogP) is 1.83. The van der Waals surface area contributed by atoms with Crippen molar-refractivity contribution in [2.24, 2.45) is 0 Å². The third kappa shape index (κ3) is 3.35. The summed E-state index contributed by atoms with van der Waals surface area (Å²) in [5.74, 6) is -0.534. The number of likely N-dealkylation sites (N-methyl/N-ethyl adjacent to an activating group) is 1. The third-order valence-corrected chi connectivity index (χ3v) is 4.85. The summed E-state index contributed by atoms with van der Waals surface area (Å²) in [6.07, 6.45) is 2.74. The van der Waals surface area contributed by atoms with Crippen LogP contribution in [0.25, 0.3) is 0 Å². The Morgan fingerprint density at radius 1 is 1.35 bits per heavy atom. The van der Waals surface area contributed by atoms with Crippen molar-refractivity contribution in [2.45, 2.75) is 38.6 Å². The molecule has 1 saturated carbocycles. The quantitative estimate of drug-likeness (QED) is 0.805. The van der Waals surface area contributed by atoms with Crippen LogP contribution in [-0.2, 0) is 9.53 Å². The molecule has 23 heavy (non-hydrogen) atoms. The number of quaternary nitrogens is 1. The Labute approximate surface area is 141 Å². The number of esters is 1. The Morgan fingerprint density at radius 3 is 2.48 bits per heavy atom. The molecule has 1 aromatic carbocycles. The van der Waals surface area contributed by atoms with Crippen molar-refractivity contribution in [1.82, 2.24) is 0 Å². The zero-order chi connectivity index (χ0) is 17.2. The highest BCUT2D eigenvalue weighted by atomic mass is 35.5. The molecule has 1 fully saturated rings. The van der Waals surface area contributed by atoms with E-state index in [1.807, 2.05) is 21.0 Å². The summed E-state index contributed by atoms with van der Waals surface area (Å²) < 4.78 is 5.08. The van der Waals surface area contributed by atoms with E-state index in [-0.39, 0.29) is 12.5 Å². The Bertz CT molecular complexity index is 625. The van der Waals surface area contributed by atoms with Gasteiger partial charge in [0.2, 0.25) is 0 Å². The van der Waals surface area contributed by atoms with Crippen molar-refractivity contribution in [1.29, 1.82) is 0 Å². The second-order valence-corrected chi connectivity index (χ2v) is 6.69. The van der Waals surface area contributed by atoms with Gasteiger partial charge in [-0.1, -0.05) is 11.6 Å². The lowest BCUT2D eigenvalue weighted by Gasteiger charge is -2.42. The molecule has 0 atom stereocenters. The number of anilines is 1. The van der Waals surface area contributed by atoms with Crippen LogP contribution in [0.2, 0.25) is 5.02 Å². The van der Waals surface area contributed by atoms with E-state index in [1.54, 1.807) is 13.0 Å². The topological polar surface area (TPSA) is 59.8 Å². The number of benzene rings is 1. The van der Waals surface area contributed by atoms with Crippen molar-refractivity contribution < 1.29 is 19.2 Å². The maximum absolute atomic E-state index is 12.8. The van der Waals surface area contributed by atoms with Crippen molar-refractivity contribution >= 4 is 29.2 Å². The van der Waals surface area contributed by atoms with Gasteiger partial charge in [-0.05, 0) is 38.0 Å². The number of carbonyl (C=O) groups excluding carboxylic acids is 2. The standard InChI is InChI=1S/C17H23ClN2O3/c1-5-23-15(21)13-10-12(18)9-11(2)14(13)19-16(22)17(20(3)4)7-6-8-17/h9-10H,5-8H2,1-4H3,(H,19,22)/p+1. The number of halogens is 1. The number of hydrogen-bond donors (Lipinski definition) is 2. The minimum atomic E-state index is -0.478. The molecule has 0 unspecified atom stereocenters. The SMILES string of the molecule is CCOC(=O)c1cc(Cl)cc(C)c1NC(=O)C1([NH+](C)C)CCC1. The zero-order valence-electron chi connectivity index (χ0n) is 14.1. The smallest absolute Gasteiger partial charge is 0.340 e. The normalized spacial score (nSPS) is 15.9. The van der Waals surface area contributed by atoms with E-state index in [0.29, 0.717) is 16.3 Å². The van der Waals surface area contributed by atoms with Crippen molar-refractivity contribution in [3.63, 3.8) is 0 Å². The van der Waals surface area contributed by atoms with Crippen LogP contribution in [-0.4, -0.2) is 38.1 Å². The molecule has 0 aliphatic heterocycles. The van der Waals surface area contributed by atoms with Crippen LogP contribution in [0.5, 0.6) is 0 Å². The summed E-state index contributed by atoms with van der Waals surface area (Å²) in [4.78, 5) is 26.1. The number of nitrogens with one attached hydrogen (secondary N) is 2. The molecular formula is C17H24ClN2O3+. The second kappa shape index (κ2) is 6.89. The summed E-state index contributed by atoms with van der Waals surface area (Å²) in [5.41, 5.74) is 1.12. The van der Waals surface area contributed by atoms with Gasteiger partial charge in [-0.15, -0.1) is 0 Å². The number of amides is 1. The fraction of sp³-hybridized carbons (Fsp3) is 0.529. The molecule has 0 bridgehead atoms. The minimum absolute atomic E-state index is 0.0558. The van der Waals surface area contributed by atoms with E-state index < -0.39 is 11.5 Å². The first-order valence-electron chi connectivity index (χ1n) is 7.91. The Kier molecular flexibility index (Phi) is 5.32. The molecule has 0 radical (unpaired) electrons. The van der Waals surface area contributed by atoms with Crippen LogP contribution in [0.4, 0.5) is 5.69 Å². The average Bonchev–Trinajstić information content (AvgIpc) is 2.39. The molecule has 1 aliphatic carbocycles. The highest BCUT2D eigenvalue weighted by Crippen LogP contribution is 2.32. The number of carbonyl (C=O) groups is 2. The molecule has 0 saturated heterocycles. The molecule has 5 nitrogen and oxygen atoms in total. The molecule has 6 heteroatoms. The van der Waals surface area contributed by atoms with E-state index in [1.165, 1.54) is 6.07 Å². The molecule has 2 rings (SSSR count). The van der Waals surface area contributed by atoms with Crippen molar-refractivity contribution in [3.05, 3.63) is 28.3 Å². The van der Waals surface area contributed by atoms with E-state index in [0.717, 1.165) is 29.7 Å². The van der Waals surface area contributed by atoms with Gasteiger partial charge in [0.1, 0.15) is 0 Å². The maximum atomic E-state index is 12.8. The molecule has 1 aromatic rings. The number of aryl methyl sites for hydroxylation is 1. The number of hydrogen-bond acceptors (Lipinski definition) is 3. The maximum Gasteiger partial charge on any atom is 0.340 e. The van der Waals surface area contributed by atoms with Gasteiger partial charge >= 0.3 is 5.97 Å². The summed E-state index contributed by atoms with van der Waals surface area (Å²) in [6.45, 7) is 3.83. The van der Waals surface area contributed by atoms with Gasteiger partial charge in [0.25, 0.3) is 5.91 Å². The second-order valence-electron chi connectivity index (χ2n) is 6.26. The monoisotopic (exact) mass is 339 g/mol. The Morgan fingerprint density at radius 2 is 2.00 bits per heavy atom. The van der Waals surface area contributed by atoms with Crippen LogP contribution >= 0.6 is 11.6 Å². The van der Waals surface area contributed by atoms with Crippen molar-refractivity contribution in [3.8, 4) is 0 Å². The van der Waals surface area contributed by atoms with E-state index in [9.17, 15) is 9.59 Å². The fourth-order valence-corrected chi connectivity index (χ4v) is 3.27. The van der Waals surface area contributed by atoms with Gasteiger partial charge in [0, 0.05) is 17.9 Å². The van der Waals surface area contributed by atoms with Crippen molar-refractivity contribution in [2.75, 3.05) is 26.0 Å². The first kappa shape index (κ1) is 17.8. The van der Waals surface area contributed by atoms with E-state index in [2.05, 4.69) is 5.32 Å². The largest absolute Gasteiger partial charge is 0.462 e. The third-order valence-electron chi connectivity index (χ3n) is 4.63. The van der Waals surface area contributed by atoms with Gasteiger partial charge in [-0.2, -0.15) is 0 Å². The lowest BCUT2D eigenvalue weighted by molar-refractivity contribution is -0.910. The molecule has 1 amide bonds. The molecule has 2 N–H and O–H groups in total. The summed E-state index contributed by atoms with van der Waals surface area (Å²) in [7, 11) is 3.97. The highest BCUT2D eigenvalue weighted by Gasteiger charge is 2.50. The van der Waals surface area contributed by atoms with Gasteiger partial charge in [-0.25, -0.2) is 4.79 Å². The number of ether oxygens (including phenoxy) is 1. The molecule has 126 valence electrons. The average molecular weight is 340 g/mol. The predicted molar refractivity (Wildman–Crippen MR) is 90.2 cm³/mol. The van der Waals surface area contributed by atoms with Gasteiger partial charge in [0.15, 0.2) is 5.54 Å². The molecular weight excluding hydrogens is 316 g/mol. The Hall–Kier alpha value is -1.59. The van der Waals surface area contributed by atoms with Crippen LogP contribution < -0.4 is 10.2 Å². The van der Waals surface area contributed by atoms with Crippen LogP contribution in [0, 0.1) is 6.92 Å². The van der Waals surface area contributed by atoms with Crippen LogP contribution in [0.1, 0.15) is 42.1 Å². The summed E-state index contributed by atoms with van der Waals surface area (Å²) in [5, 5.41) is 3.39. The molecule has 0 heterocycles. The molecule has 0 spiro atoms. The minimum Gasteiger partial charge on any atom is -0.462 e. The van der Waals surface area contributed by atoms with E-state index >= 15 is 0 Å². The summed E-state index contributed by atoms with van der Waals surface area (Å²) >= 11 is 6.06. The molecule has 1 aliphatic rings. The van der Waals surface area contributed by atoms with Gasteiger partial charge in [-0.3, -0.25) is 4.79 Å². The first-order valence-corrected chi connectivity index (χ1v) is 8.29. The van der Waals surface area contributed by atoms with Gasteiger partial charge in [0.05, 0.1) is 32.0 Å². The lowest BCUT2D eigenvalue weighted by Crippen LogP contribution is -3.18. The van der Waals surface area contributed by atoms with Crippen LogP contribution in [0.15, 0.2) is 12.1 Å².